The summed E-state index contributed by atoms with van der Waals surface area (Å²) in [5, 5.41) is 2.74. The minimum atomic E-state index is -4.39. The van der Waals surface area contributed by atoms with E-state index >= 15 is 0 Å². The monoisotopic (exact) mass is 316 g/mol. The van der Waals surface area contributed by atoms with Gasteiger partial charge in [0.25, 0.3) is 0 Å². The molecule has 0 saturated heterocycles. The predicted octanol–water partition coefficient (Wildman–Crippen LogP) is 2.37. The lowest BCUT2D eigenvalue weighted by Crippen LogP contribution is -2.30. The molecule has 1 amide bonds. The molecule has 0 bridgehead atoms. The average molecular weight is 316 g/mol. The summed E-state index contributed by atoms with van der Waals surface area (Å²) in [5.41, 5.74) is 6.28. The van der Waals surface area contributed by atoms with Crippen molar-refractivity contribution < 1.29 is 22.7 Å². The lowest BCUT2D eigenvalue weighted by Gasteiger charge is -2.15. The van der Waals surface area contributed by atoms with E-state index in [-0.39, 0.29) is 30.2 Å². The summed E-state index contributed by atoms with van der Waals surface area (Å²) >= 11 is 0. The van der Waals surface area contributed by atoms with Gasteiger partial charge in [0, 0.05) is 24.1 Å². The molecule has 0 aromatic heterocycles. The van der Waals surface area contributed by atoms with Crippen LogP contribution in [0.15, 0.2) is 24.3 Å². The zero-order chi connectivity index (χ0) is 16.2. The highest BCUT2D eigenvalue weighted by atomic mass is 19.4. The highest BCUT2D eigenvalue weighted by Gasteiger charge is 2.29. The van der Waals surface area contributed by atoms with E-state index in [1.54, 1.807) is 18.2 Å². The van der Waals surface area contributed by atoms with Gasteiger partial charge in [0.05, 0.1) is 0 Å². The van der Waals surface area contributed by atoms with E-state index in [9.17, 15) is 18.0 Å². The van der Waals surface area contributed by atoms with Gasteiger partial charge in [-0.25, -0.2) is 0 Å². The molecule has 122 valence electrons. The molecule has 0 aliphatic heterocycles. The third kappa shape index (κ3) is 4.91. The average Bonchev–Trinajstić information content (AvgIpc) is 2.89. The van der Waals surface area contributed by atoms with Crippen LogP contribution in [0.5, 0.6) is 5.75 Å². The fourth-order valence-corrected chi connectivity index (χ4v) is 2.53. The smallest absolute Gasteiger partial charge is 0.422 e. The maximum atomic E-state index is 12.2. The summed E-state index contributed by atoms with van der Waals surface area (Å²) < 4.78 is 41.4. The third-order valence-corrected chi connectivity index (χ3v) is 3.66. The van der Waals surface area contributed by atoms with Gasteiger partial charge in [0.1, 0.15) is 5.75 Å². The van der Waals surface area contributed by atoms with Gasteiger partial charge in [0.2, 0.25) is 5.91 Å². The van der Waals surface area contributed by atoms with Crippen molar-refractivity contribution in [2.45, 2.75) is 38.0 Å². The number of nitrogens with one attached hydrogen (secondary N) is 1. The van der Waals surface area contributed by atoms with Crippen molar-refractivity contribution in [2.24, 2.45) is 11.7 Å². The standard InChI is InChI=1S/C15H19F3N2O2/c16-15(17,18)9-22-13-4-2-1-3-11(13)8-20-14(21)10-5-6-12(19)7-10/h1-4,10,12H,5-9,19H2,(H,20,21). The molecule has 2 atom stereocenters. The molecule has 3 N–H and O–H groups in total. The summed E-state index contributed by atoms with van der Waals surface area (Å²) in [4.78, 5) is 12.0. The number of para-hydroxylation sites is 1. The molecule has 1 aromatic carbocycles. The Bertz CT molecular complexity index is 520. The second-order valence-corrected chi connectivity index (χ2v) is 5.50. The minimum Gasteiger partial charge on any atom is -0.484 e. The van der Waals surface area contributed by atoms with Gasteiger partial charge in [-0.2, -0.15) is 13.2 Å². The van der Waals surface area contributed by atoms with Gasteiger partial charge in [-0.15, -0.1) is 0 Å². The summed E-state index contributed by atoms with van der Waals surface area (Å²) in [5.74, 6) is -0.0971. The summed E-state index contributed by atoms with van der Waals surface area (Å²) in [6.45, 7) is -1.21. The molecule has 1 aliphatic carbocycles. The van der Waals surface area contributed by atoms with E-state index in [2.05, 4.69) is 5.32 Å². The number of ether oxygens (including phenoxy) is 1. The first-order valence-corrected chi connectivity index (χ1v) is 7.16. The van der Waals surface area contributed by atoms with Crippen LogP contribution in [0, 0.1) is 5.92 Å². The third-order valence-electron chi connectivity index (χ3n) is 3.66. The van der Waals surface area contributed by atoms with Gasteiger partial charge in [-0.1, -0.05) is 18.2 Å². The molecular formula is C15H19F3N2O2. The molecule has 0 spiro atoms. The zero-order valence-corrected chi connectivity index (χ0v) is 12.0. The fraction of sp³-hybridized carbons (Fsp3) is 0.533. The van der Waals surface area contributed by atoms with Crippen molar-refractivity contribution >= 4 is 5.91 Å². The van der Waals surface area contributed by atoms with Crippen LogP contribution in [0.4, 0.5) is 13.2 Å². The summed E-state index contributed by atoms with van der Waals surface area (Å²) in [7, 11) is 0. The first-order valence-electron chi connectivity index (χ1n) is 7.16. The van der Waals surface area contributed by atoms with E-state index in [1.165, 1.54) is 6.07 Å². The van der Waals surface area contributed by atoms with Crippen molar-refractivity contribution in [1.29, 1.82) is 0 Å². The van der Waals surface area contributed by atoms with Gasteiger partial charge < -0.3 is 15.8 Å². The zero-order valence-electron chi connectivity index (χ0n) is 12.0. The lowest BCUT2D eigenvalue weighted by molar-refractivity contribution is -0.153. The molecule has 1 saturated carbocycles. The van der Waals surface area contributed by atoms with Crippen LogP contribution in [0.3, 0.4) is 0 Å². The lowest BCUT2D eigenvalue weighted by atomic mass is 10.1. The number of amides is 1. The number of halogens is 3. The Morgan fingerprint density at radius 2 is 2.05 bits per heavy atom. The number of rotatable bonds is 5. The number of hydrogen-bond donors (Lipinski definition) is 2. The van der Waals surface area contributed by atoms with E-state index in [4.69, 9.17) is 10.5 Å². The second-order valence-electron chi connectivity index (χ2n) is 5.50. The molecule has 2 unspecified atom stereocenters. The Hall–Kier alpha value is -1.76. The Kier molecular flexibility index (Phi) is 5.28. The molecule has 22 heavy (non-hydrogen) atoms. The van der Waals surface area contributed by atoms with E-state index in [0.717, 1.165) is 12.8 Å². The van der Waals surface area contributed by atoms with Gasteiger partial charge in [0.15, 0.2) is 6.61 Å². The van der Waals surface area contributed by atoms with E-state index in [0.29, 0.717) is 12.0 Å². The van der Waals surface area contributed by atoms with Crippen molar-refractivity contribution in [2.75, 3.05) is 6.61 Å². The van der Waals surface area contributed by atoms with Crippen molar-refractivity contribution in [3.8, 4) is 5.75 Å². The van der Waals surface area contributed by atoms with E-state index < -0.39 is 12.8 Å². The Labute approximate surface area is 126 Å². The molecule has 0 heterocycles. The normalized spacial score (nSPS) is 21.6. The number of hydrogen-bond acceptors (Lipinski definition) is 3. The van der Waals surface area contributed by atoms with Crippen LogP contribution in [-0.4, -0.2) is 24.7 Å². The maximum absolute atomic E-state index is 12.2. The minimum absolute atomic E-state index is 0.0538. The SMILES string of the molecule is NC1CCC(C(=O)NCc2ccccc2OCC(F)(F)F)C1. The molecule has 7 heteroatoms. The first-order chi connectivity index (χ1) is 10.3. The molecule has 4 nitrogen and oxygen atoms in total. The van der Waals surface area contributed by atoms with E-state index in [1.807, 2.05) is 0 Å². The van der Waals surface area contributed by atoms with Gasteiger partial charge in [-0.05, 0) is 25.3 Å². The Balaban J connectivity index is 1.91. The van der Waals surface area contributed by atoms with Crippen LogP contribution >= 0.6 is 0 Å². The largest absolute Gasteiger partial charge is 0.484 e. The topological polar surface area (TPSA) is 64.4 Å². The van der Waals surface area contributed by atoms with Crippen molar-refractivity contribution in [3.63, 3.8) is 0 Å². The van der Waals surface area contributed by atoms with Gasteiger partial charge >= 0.3 is 6.18 Å². The predicted molar refractivity (Wildman–Crippen MR) is 75.2 cm³/mol. The highest BCUT2D eigenvalue weighted by molar-refractivity contribution is 5.79. The van der Waals surface area contributed by atoms with Crippen LogP contribution < -0.4 is 15.8 Å². The van der Waals surface area contributed by atoms with Crippen LogP contribution in [0.25, 0.3) is 0 Å². The molecule has 1 aliphatic rings. The summed E-state index contributed by atoms with van der Waals surface area (Å²) in [6, 6.07) is 6.42. The quantitative estimate of drug-likeness (QED) is 0.876. The first kappa shape index (κ1) is 16.6. The number of carbonyl (C=O) groups is 1. The molecule has 1 aromatic rings. The van der Waals surface area contributed by atoms with Crippen LogP contribution in [-0.2, 0) is 11.3 Å². The maximum Gasteiger partial charge on any atom is 0.422 e. The highest BCUT2D eigenvalue weighted by Crippen LogP contribution is 2.25. The molecule has 2 rings (SSSR count). The molecular weight excluding hydrogens is 297 g/mol. The molecule has 0 radical (unpaired) electrons. The number of alkyl halides is 3. The van der Waals surface area contributed by atoms with Crippen molar-refractivity contribution in [3.05, 3.63) is 29.8 Å². The van der Waals surface area contributed by atoms with Gasteiger partial charge in [-0.3, -0.25) is 4.79 Å². The van der Waals surface area contributed by atoms with Crippen LogP contribution in [0.2, 0.25) is 0 Å². The Morgan fingerprint density at radius 3 is 2.68 bits per heavy atom. The fourth-order valence-electron chi connectivity index (χ4n) is 2.53. The molecule has 1 fully saturated rings. The van der Waals surface area contributed by atoms with Crippen molar-refractivity contribution in [1.82, 2.24) is 5.32 Å². The second kappa shape index (κ2) is 7.00. The number of nitrogens with two attached hydrogens (primary N) is 1. The number of benzene rings is 1. The Morgan fingerprint density at radius 1 is 1.32 bits per heavy atom. The summed E-state index contributed by atoms with van der Waals surface area (Å²) in [6.07, 6.45) is -2.17. The van der Waals surface area contributed by atoms with Crippen LogP contribution in [0.1, 0.15) is 24.8 Å². The number of carbonyl (C=O) groups excluding carboxylic acids is 1.